The molecule has 0 bridgehead atoms. The van der Waals surface area contributed by atoms with Crippen molar-refractivity contribution in [3.8, 4) is 0 Å². The van der Waals surface area contributed by atoms with Gasteiger partial charge in [0.05, 0.1) is 0 Å². The SMILES string of the molecule is C=CCCCCCC(N)c1ccc(F)cc1C. The second kappa shape index (κ2) is 7.23. The molecule has 1 nitrogen and oxygen atoms in total. The number of nitrogens with two attached hydrogens (primary N) is 1. The number of benzene rings is 1. The summed E-state index contributed by atoms with van der Waals surface area (Å²) in [5, 5.41) is 0. The maximum Gasteiger partial charge on any atom is 0.123 e. The summed E-state index contributed by atoms with van der Waals surface area (Å²) >= 11 is 0. The molecule has 0 radical (unpaired) electrons. The molecule has 0 spiro atoms. The first-order chi connectivity index (χ1) is 8.15. The van der Waals surface area contributed by atoms with Crippen molar-refractivity contribution >= 4 is 0 Å². The van der Waals surface area contributed by atoms with E-state index in [4.69, 9.17) is 5.73 Å². The molecule has 0 saturated heterocycles. The molecule has 1 rings (SSSR count). The van der Waals surface area contributed by atoms with Gasteiger partial charge < -0.3 is 5.73 Å². The standard InChI is InChI=1S/C15H22FN/c1-3-4-5-6-7-8-15(17)14-10-9-13(16)11-12(14)2/h3,9-11,15H,1,4-8,17H2,2H3. The number of unbranched alkanes of at least 4 members (excludes halogenated alkanes) is 3. The van der Waals surface area contributed by atoms with Gasteiger partial charge in [-0.25, -0.2) is 4.39 Å². The van der Waals surface area contributed by atoms with Crippen LogP contribution < -0.4 is 5.73 Å². The Labute approximate surface area is 104 Å². The van der Waals surface area contributed by atoms with E-state index in [9.17, 15) is 4.39 Å². The van der Waals surface area contributed by atoms with Gasteiger partial charge in [-0.15, -0.1) is 6.58 Å². The lowest BCUT2D eigenvalue weighted by atomic mass is 9.97. The van der Waals surface area contributed by atoms with Crippen LogP contribution in [0.2, 0.25) is 0 Å². The Hall–Kier alpha value is -1.15. The maximum absolute atomic E-state index is 13.0. The number of hydrogen-bond acceptors (Lipinski definition) is 1. The average Bonchev–Trinajstić information content (AvgIpc) is 2.28. The number of aryl methyl sites for hydroxylation is 1. The Morgan fingerprint density at radius 2 is 2.12 bits per heavy atom. The third-order valence-corrected chi connectivity index (χ3v) is 3.05. The Morgan fingerprint density at radius 3 is 2.76 bits per heavy atom. The van der Waals surface area contributed by atoms with Crippen molar-refractivity contribution in [3.63, 3.8) is 0 Å². The lowest BCUT2D eigenvalue weighted by Gasteiger charge is -2.14. The van der Waals surface area contributed by atoms with Gasteiger partial charge in [-0.1, -0.05) is 25.0 Å². The van der Waals surface area contributed by atoms with E-state index >= 15 is 0 Å². The summed E-state index contributed by atoms with van der Waals surface area (Å²) in [4.78, 5) is 0. The molecule has 1 aromatic rings. The zero-order chi connectivity index (χ0) is 12.7. The maximum atomic E-state index is 13.0. The molecule has 0 fully saturated rings. The van der Waals surface area contributed by atoms with Crippen LogP contribution in [0.4, 0.5) is 4.39 Å². The largest absolute Gasteiger partial charge is 0.324 e. The predicted octanol–water partition coefficient (Wildman–Crippen LogP) is 4.27. The van der Waals surface area contributed by atoms with Crippen molar-refractivity contribution in [2.75, 3.05) is 0 Å². The van der Waals surface area contributed by atoms with E-state index in [1.807, 2.05) is 13.0 Å². The molecule has 1 atom stereocenters. The molecule has 0 aromatic heterocycles. The van der Waals surface area contributed by atoms with E-state index in [2.05, 4.69) is 6.58 Å². The fourth-order valence-corrected chi connectivity index (χ4v) is 2.04. The molecule has 0 amide bonds. The summed E-state index contributed by atoms with van der Waals surface area (Å²) in [6, 6.07) is 4.87. The molecule has 2 N–H and O–H groups in total. The van der Waals surface area contributed by atoms with Gasteiger partial charge in [-0.05, 0) is 49.4 Å². The van der Waals surface area contributed by atoms with Crippen LogP contribution in [0, 0.1) is 12.7 Å². The highest BCUT2D eigenvalue weighted by Crippen LogP contribution is 2.21. The molecular weight excluding hydrogens is 213 g/mol. The van der Waals surface area contributed by atoms with Crippen molar-refractivity contribution < 1.29 is 4.39 Å². The molecule has 0 aliphatic rings. The fraction of sp³-hybridized carbons (Fsp3) is 0.467. The lowest BCUT2D eigenvalue weighted by molar-refractivity contribution is 0.567. The van der Waals surface area contributed by atoms with E-state index < -0.39 is 0 Å². The van der Waals surface area contributed by atoms with Crippen molar-refractivity contribution in [1.82, 2.24) is 0 Å². The molecule has 1 unspecified atom stereocenters. The van der Waals surface area contributed by atoms with Gasteiger partial charge in [0.25, 0.3) is 0 Å². The van der Waals surface area contributed by atoms with Crippen LogP contribution in [-0.4, -0.2) is 0 Å². The Bertz CT molecular complexity index is 360. The Morgan fingerprint density at radius 1 is 1.35 bits per heavy atom. The highest BCUT2D eigenvalue weighted by atomic mass is 19.1. The second-order valence-electron chi connectivity index (χ2n) is 4.53. The fourth-order valence-electron chi connectivity index (χ4n) is 2.04. The minimum Gasteiger partial charge on any atom is -0.324 e. The van der Waals surface area contributed by atoms with Gasteiger partial charge >= 0.3 is 0 Å². The normalized spacial score (nSPS) is 12.4. The Balaban J connectivity index is 2.41. The molecule has 0 aliphatic carbocycles. The number of hydrogen-bond donors (Lipinski definition) is 1. The molecule has 0 heterocycles. The number of rotatable bonds is 7. The third-order valence-electron chi connectivity index (χ3n) is 3.05. The molecule has 1 aromatic carbocycles. The minimum absolute atomic E-state index is 0.0272. The molecule has 94 valence electrons. The molecule has 17 heavy (non-hydrogen) atoms. The van der Waals surface area contributed by atoms with Gasteiger partial charge in [0.15, 0.2) is 0 Å². The van der Waals surface area contributed by atoms with Gasteiger partial charge in [0, 0.05) is 6.04 Å². The topological polar surface area (TPSA) is 26.0 Å². The van der Waals surface area contributed by atoms with Crippen molar-refractivity contribution in [2.45, 2.75) is 45.1 Å². The van der Waals surface area contributed by atoms with E-state index in [1.165, 1.54) is 18.9 Å². The van der Waals surface area contributed by atoms with Gasteiger partial charge in [-0.3, -0.25) is 0 Å². The van der Waals surface area contributed by atoms with E-state index in [-0.39, 0.29) is 11.9 Å². The van der Waals surface area contributed by atoms with E-state index in [1.54, 1.807) is 12.1 Å². The first-order valence-electron chi connectivity index (χ1n) is 6.27. The van der Waals surface area contributed by atoms with Crippen LogP contribution in [0.5, 0.6) is 0 Å². The summed E-state index contributed by atoms with van der Waals surface area (Å²) in [6.45, 7) is 5.61. The number of halogens is 1. The van der Waals surface area contributed by atoms with Crippen LogP contribution in [0.1, 0.15) is 49.3 Å². The van der Waals surface area contributed by atoms with Gasteiger partial charge in [0.2, 0.25) is 0 Å². The first kappa shape index (κ1) is 13.9. The highest BCUT2D eigenvalue weighted by molar-refractivity contribution is 5.29. The van der Waals surface area contributed by atoms with E-state index in [0.29, 0.717) is 0 Å². The van der Waals surface area contributed by atoms with Crippen molar-refractivity contribution in [3.05, 3.63) is 47.8 Å². The molecule has 0 saturated carbocycles. The van der Waals surface area contributed by atoms with Gasteiger partial charge in [-0.2, -0.15) is 0 Å². The summed E-state index contributed by atoms with van der Waals surface area (Å²) in [5.41, 5.74) is 8.13. The Kier molecular flexibility index (Phi) is 5.92. The van der Waals surface area contributed by atoms with Crippen LogP contribution in [-0.2, 0) is 0 Å². The summed E-state index contributed by atoms with van der Waals surface area (Å²) in [6.07, 6.45) is 7.46. The van der Waals surface area contributed by atoms with Crippen molar-refractivity contribution in [2.24, 2.45) is 5.73 Å². The second-order valence-corrected chi connectivity index (χ2v) is 4.53. The van der Waals surface area contributed by atoms with Gasteiger partial charge in [0.1, 0.15) is 5.82 Å². The number of allylic oxidation sites excluding steroid dienone is 1. The highest BCUT2D eigenvalue weighted by Gasteiger charge is 2.08. The summed E-state index contributed by atoms with van der Waals surface area (Å²) in [7, 11) is 0. The molecular formula is C15H22FN. The summed E-state index contributed by atoms with van der Waals surface area (Å²) < 4.78 is 13.0. The monoisotopic (exact) mass is 235 g/mol. The average molecular weight is 235 g/mol. The van der Waals surface area contributed by atoms with Crippen LogP contribution >= 0.6 is 0 Å². The third kappa shape index (κ3) is 4.70. The van der Waals surface area contributed by atoms with Crippen molar-refractivity contribution in [1.29, 1.82) is 0 Å². The lowest BCUT2D eigenvalue weighted by Crippen LogP contribution is -2.11. The van der Waals surface area contributed by atoms with Crippen LogP contribution in [0.25, 0.3) is 0 Å². The van der Waals surface area contributed by atoms with E-state index in [0.717, 1.165) is 30.4 Å². The quantitative estimate of drug-likeness (QED) is 0.554. The predicted molar refractivity (Wildman–Crippen MR) is 71.3 cm³/mol. The van der Waals surface area contributed by atoms with Crippen LogP contribution in [0.3, 0.4) is 0 Å². The zero-order valence-corrected chi connectivity index (χ0v) is 10.6. The smallest absolute Gasteiger partial charge is 0.123 e. The first-order valence-corrected chi connectivity index (χ1v) is 6.27. The minimum atomic E-state index is -0.190. The zero-order valence-electron chi connectivity index (χ0n) is 10.6. The molecule has 0 aliphatic heterocycles. The summed E-state index contributed by atoms with van der Waals surface area (Å²) in [5.74, 6) is -0.190. The van der Waals surface area contributed by atoms with Crippen LogP contribution in [0.15, 0.2) is 30.9 Å². The molecule has 2 heteroatoms.